The van der Waals surface area contributed by atoms with Crippen LogP contribution in [-0.4, -0.2) is 26.5 Å². The summed E-state index contributed by atoms with van der Waals surface area (Å²) in [6.07, 6.45) is 0. The molecule has 3 N–H and O–H groups in total. The van der Waals surface area contributed by atoms with E-state index in [2.05, 4.69) is 10.0 Å². The number of para-hydroxylation sites is 1. The van der Waals surface area contributed by atoms with Gasteiger partial charge in [0.25, 0.3) is 0 Å². The maximum atomic E-state index is 11.9. The molecule has 7 heteroatoms. The summed E-state index contributed by atoms with van der Waals surface area (Å²) in [6.45, 7) is 0. The number of aromatic carboxylic acids is 1. The Morgan fingerprint density at radius 1 is 1.10 bits per heavy atom. The average Bonchev–Trinajstić information content (AvgIpc) is 2.48. The standard InChI is InChI=1S/C14H14N2O4S/c1-15-21(19,20)13-8-3-2-7-12(13)16-11-6-4-5-10(9-11)14(17)18/h2-9,15-16H,1H3,(H,17,18). The Kier molecular flexibility index (Phi) is 4.25. The van der Waals surface area contributed by atoms with Gasteiger partial charge in [0.15, 0.2) is 0 Å². The van der Waals surface area contributed by atoms with Crippen LogP contribution in [0.3, 0.4) is 0 Å². The largest absolute Gasteiger partial charge is 0.478 e. The summed E-state index contributed by atoms with van der Waals surface area (Å²) in [6, 6.07) is 12.5. The molecule has 110 valence electrons. The third kappa shape index (κ3) is 3.39. The minimum atomic E-state index is -3.60. The van der Waals surface area contributed by atoms with Gasteiger partial charge in [0, 0.05) is 5.69 Å². The van der Waals surface area contributed by atoms with E-state index >= 15 is 0 Å². The lowest BCUT2D eigenvalue weighted by Gasteiger charge is -2.12. The molecule has 0 bridgehead atoms. The van der Waals surface area contributed by atoms with Gasteiger partial charge in [-0.2, -0.15) is 0 Å². The van der Waals surface area contributed by atoms with E-state index in [1.165, 1.54) is 25.2 Å². The van der Waals surface area contributed by atoms with Crippen molar-refractivity contribution in [1.29, 1.82) is 0 Å². The molecule has 0 saturated heterocycles. The minimum Gasteiger partial charge on any atom is -0.478 e. The lowest BCUT2D eigenvalue weighted by molar-refractivity contribution is 0.0697. The minimum absolute atomic E-state index is 0.0910. The Bertz CT molecular complexity index is 772. The van der Waals surface area contributed by atoms with Crippen LogP contribution < -0.4 is 10.0 Å². The van der Waals surface area contributed by atoms with E-state index in [1.54, 1.807) is 30.3 Å². The highest BCUT2D eigenvalue weighted by molar-refractivity contribution is 7.89. The first-order valence-electron chi connectivity index (χ1n) is 6.07. The second kappa shape index (κ2) is 5.94. The van der Waals surface area contributed by atoms with E-state index < -0.39 is 16.0 Å². The lowest BCUT2D eigenvalue weighted by atomic mass is 10.2. The van der Waals surface area contributed by atoms with Gasteiger partial charge in [0.1, 0.15) is 4.90 Å². The van der Waals surface area contributed by atoms with Crippen molar-refractivity contribution in [3.05, 3.63) is 54.1 Å². The second-order valence-corrected chi connectivity index (χ2v) is 6.07. The third-order valence-corrected chi connectivity index (χ3v) is 4.31. The molecule has 0 spiro atoms. The fourth-order valence-electron chi connectivity index (χ4n) is 1.80. The highest BCUT2D eigenvalue weighted by Crippen LogP contribution is 2.25. The van der Waals surface area contributed by atoms with Crippen molar-refractivity contribution in [3.63, 3.8) is 0 Å². The van der Waals surface area contributed by atoms with Gasteiger partial charge in [-0.05, 0) is 37.4 Å². The van der Waals surface area contributed by atoms with Crippen molar-refractivity contribution >= 4 is 27.4 Å². The number of rotatable bonds is 5. The molecule has 0 radical (unpaired) electrons. The van der Waals surface area contributed by atoms with Crippen LogP contribution in [0, 0.1) is 0 Å². The summed E-state index contributed by atoms with van der Waals surface area (Å²) >= 11 is 0. The Hall–Kier alpha value is -2.38. The number of carbonyl (C=O) groups is 1. The van der Waals surface area contributed by atoms with Gasteiger partial charge in [0.2, 0.25) is 10.0 Å². The molecule has 2 aromatic rings. The molecule has 2 aromatic carbocycles. The second-order valence-electron chi connectivity index (χ2n) is 4.21. The van der Waals surface area contributed by atoms with Crippen LogP contribution >= 0.6 is 0 Å². The van der Waals surface area contributed by atoms with Gasteiger partial charge in [-0.15, -0.1) is 0 Å². The fraction of sp³-hybridized carbons (Fsp3) is 0.0714. The quantitative estimate of drug-likeness (QED) is 0.785. The number of hydrogen-bond acceptors (Lipinski definition) is 4. The van der Waals surface area contributed by atoms with E-state index in [9.17, 15) is 13.2 Å². The van der Waals surface area contributed by atoms with Crippen molar-refractivity contribution in [2.75, 3.05) is 12.4 Å². The Balaban J connectivity index is 2.41. The van der Waals surface area contributed by atoms with Crippen molar-refractivity contribution in [1.82, 2.24) is 4.72 Å². The third-order valence-electron chi connectivity index (χ3n) is 2.83. The van der Waals surface area contributed by atoms with Crippen LogP contribution in [0.15, 0.2) is 53.4 Å². The van der Waals surface area contributed by atoms with Crippen LogP contribution in [0.5, 0.6) is 0 Å². The zero-order valence-electron chi connectivity index (χ0n) is 11.2. The van der Waals surface area contributed by atoms with Gasteiger partial charge < -0.3 is 10.4 Å². The summed E-state index contributed by atoms with van der Waals surface area (Å²) in [5, 5.41) is 11.9. The normalized spacial score (nSPS) is 11.1. The zero-order valence-corrected chi connectivity index (χ0v) is 12.0. The fourth-order valence-corrected chi connectivity index (χ4v) is 2.69. The van der Waals surface area contributed by atoms with Crippen molar-refractivity contribution in [3.8, 4) is 0 Å². The van der Waals surface area contributed by atoms with Gasteiger partial charge >= 0.3 is 5.97 Å². The summed E-state index contributed by atoms with van der Waals surface area (Å²) < 4.78 is 26.1. The molecule has 0 aliphatic rings. The van der Waals surface area contributed by atoms with Gasteiger partial charge in [-0.25, -0.2) is 17.9 Å². The van der Waals surface area contributed by atoms with E-state index in [4.69, 9.17) is 5.11 Å². The summed E-state index contributed by atoms with van der Waals surface area (Å²) in [7, 11) is -2.27. The molecule has 0 saturated carbocycles. The number of hydrogen-bond donors (Lipinski definition) is 3. The summed E-state index contributed by atoms with van der Waals surface area (Å²) in [4.78, 5) is 11.0. The molecule has 0 unspecified atom stereocenters. The van der Waals surface area contributed by atoms with Gasteiger partial charge in [-0.3, -0.25) is 0 Å². The highest BCUT2D eigenvalue weighted by Gasteiger charge is 2.16. The number of carboxylic acids is 1. The van der Waals surface area contributed by atoms with E-state index in [0.29, 0.717) is 11.4 Å². The van der Waals surface area contributed by atoms with Gasteiger partial charge in [-0.1, -0.05) is 18.2 Å². The maximum Gasteiger partial charge on any atom is 0.335 e. The monoisotopic (exact) mass is 306 g/mol. The molecule has 0 aliphatic heterocycles. The number of carboxylic acid groups (broad SMARTS) is 1. The first-order chi connectivity index (χ1) is 9.94. The SMILES string of the molecule is CNS(=O)(=O)c1ccccc1Nc1cccc(C(=O)O)c1. The Morgan fingerprint density at radius 2 is 1.81 bits per heavy atom. The molecular weight excluding hydrogens is 292 g/mol. The Labute approximate surface area is 122 Å². The lowest BCUT2D eigenvalue weighted by Crippen LogP contribution is -2.19. The number of benzene rings is 2. The predicted molar refractivity (Wildman–Crippen MR) is 79.4 cm³/mol. The molecular formula is C14H14N2O4S. The van der Waals surface area contributed by atoms with Crippen molar-refractivity contribution < 1.29 is 18.3 Å². The molecule has 21 heavy (non-hydrogen) atoms. The molecule has 0 amide bonds. The topological polar surface area (TPSA) is 95.5 Å². The zero-order chi connectivity index (χ0) is 15.5. The van der Waals surface area contributed by atoms with Crippen LogP contribution in [0.25, 0.3) is 0 Å². The molecule has 0 aromatic heterocycles. The van der Waals surface area contributed by atoms with Crippen LogP contribution in [-0.2, 0) is 10.0 Å². The first kappa shape index (κ1) is 15.0. The molecule has 0 aliphatic carbocycles. The van der Waals surface area contributed by atoms with Crippen molar-refractivity contribution in [2.45, 2.75) is 4.90 Å². The summed E-state index contributed by atoms with van der Waals surface area (Å²) in [5.74, 6) is -1.05. The molecule has 0 fully saturated rings. The van der Waals surface area contributed by atoms with E-state index in [-0.39, 0.29) is 10.5 Å². The first-order valence-corrected chi connectivity index (χ1v) is 7.55. The Morgan fingerprint density at radius 3 is 2.48 bits per heavy atom. The average molecular weight is 306 g/mol. The molecule has 2 rings (SSSR count). The molecule has 0 atom stereocenters. The number of sulfonamides is 1. The van der Waals surface area contributed by atoms with E-state index in [1.807, 2.05) is 0 Å². The highest BCUT2D eigenvalue weighted by atomic mass is 32.2. The number of anilines is 2. The van der Waals surface area contributed by atoms with Gasteiger partial charge in [0.05, 0.1) is 11.3 Å². The van der Waals surface area contributed by atoms with Crippen LogP contribution in [0.1, 0.15) is 10.4 Å². The van der Waals surface area contributed by atoms with E-state index in [0.717, 1.165) is 0 Å². The van der Waals surface area contributed by atoms with Crippen molar-refractivity contribution in [2.24, 2.45) is 0 Å². The molecule has 0 heterocycles. The maximum absolute atomic E-state index is 11.9. The summed E-state index contributed by atoms with van der Waals surface area (Å²) in [5.41, 5.74) is 0.983. The van der Waals surface area contributed by atoms with Crippen LogP contribution in [0.4, 0.5) is 11.4 Å². The number of nitrogens with one attached hydrogen (secondary N) is 2. The smallest absolute Gasteiger partial charge is 0.335 e. The van der Waals surface area contributed by atoms with Crippen LogP contribution in [0.2, 0.25) is 0 Å². The predicted octanol–water partition coefficient (Wildman–Crippen LogP) is 2.04. The molecule has 6 nitrogen and oxygen atoms in total.